The standard InChI is InChI=1S/C18H18ClNO/c1-18(2,3)13-8-9-16-15(11-13)20-17(21-16)10-12-6-4-5-7-14(12)19/h4-9,11H,10H2,1-3H3. The summed E-state index contributed by atoms with van der Waals surface area (Å²) in [4.78, 5) is 4.60. The number of rotatable bonds is 2. The van der Waals surface area contributed by atoms with Crippen LogP contribution in [0.15, 0.2) is 46.9 Å². The van der Waals surface area contributed by atoms with E-state index in [0.29, 0.717) is 12.3 Å². The summed E-state index contributed by atoms with van der Waals surface area (Å²) in [6.07, 6.45) is 0.610. The number of halogens is 1. The van der Waals surface area contributed by atoms with Gasteiger partial charge in [-0.05, 0) is 34.7 Å². The van der Waals surface area contributed by atoms with E-state index in [2.05, 4.69) is 37.9 Å². The molecular formula is C18H18ClNO. The molecule has 0 aliphatic rings. The average Bonchev–Trinajstić information content (AvgIpc) is 2.81. The molecule has 0 unspecified atom stereocenters. The fourth-order valence-electron chi connectivity index (χ4n) is 2.32. The average molecular weight is 300 g/mol. The monoisotopic (exact) mass is 299 g/mol. The minimum atomic E-state index is 0.107. The summed E-state index contributed by atoms with van der Waals surface area (Å²) >= 11 is 6.19. The molecule has 1 heterocycles. The van der Waals surface area contributed by atoms with Crippen molar-refractivity contribution in [2.75, 3.05) is 0 Å². The van der Waals surface area contributed by atoms with Crippen LogP contribution in [0, 0.1) is 0 Å². The van der Waals surface area contributed by atoms with E-state index in [1.165, 1.54) is 5.56 Å². The van der Waals surface area contributed by atoms with Gasteiger partial charge in [-0.1, -0.05) is 56.6 Å². The van der Waals surface area contributed by atoms with Gasteiger partial charge in [-0.25, -0.2) is 4.98 Å². The second kappa shape index (κ2) is 5.19. The number of nitrogens with zero attached hydrogens (tertiary/aromatic N) is 1. The Bertz CT molecular complexity index is 783. The quantitative estimate of drug-likeness (QED) is 0.636. The summed E-state index contributed by atoms with van der Waals surface area (Å²) in [5.41, 5.74) is 4.12. The highest BCUT2D eigenvalue weighted by Crippen LogP contribution is 2.27. The Morgan fingerprint density at radius 1 is 1.10 bits per heavy atom. The van der Waals surface area contributed by atoms with Crippen LogP contribution in [0.5, 0.6) is 0 Å². The summed E-state index contributed by atoms with van der Waals surface area (Å²) in [7, 11) is 0. The number of benzene rings is 2. The Morgan fingerprint density at radius 3 is 2.57 bits per heavy atom. The van der Waals surface area contributed by atoms with Crippen molar-refractivity contribution in [2.24, 2.45) is 0 Å². The van der Waals surface area contributed by atoms with Crippen molar-refractivity contribution >= 4 is 22.7 Å². The van der Waals surface area contributed by atoms with Gasteiger partial charge in [0.1, 0.15) is 5.52 Å². The lowest BCUT2D eigenvalue weighted by molar-refractivity contribution is 0.544. The van der Waals surface area contributed by atoms with Gasteiger partial charge in [0.25, 0.3) is 0 Å². The molecule has 0 radical (unpaired) electrons. The maximum Gasteiger partial charge on any atom is 0.199 e. The molecule has 0 spiro atoms. The van der Waals surface area contributed by atoms with Crippen LogP contribution in [0.2, 0.25) is 5.02 Å². The molecule has 3 aromatic rings. The molecule has 3 rings (SSSR count). The molecule has 0 saturated heterocycles. The van der Waals surface area contributed by atoms with Crippen molar-refractivity contribution in [3.05, 3.63) is 64.5 Å². The Morgan fingerprint density at radius 2 is 1.86 bits per heavy atom. The predicted molar refractivity (Wildman–Crippen MR) is 87.0 cm³/mol. The topological polar surface area (TPSA) is 26.0 Å². The minimum absolute atomic E-state index is 0.107. The summed E-state index contributed by atoms with van der Waals surface area (Å²) in [6, 6.07) is 14.0. The zero-order valence-corrected chi connectivity index (χ0v) is 13.2. The Kier molecular flexibility index (Phi) is 3.50. The van der Waals surface area contributed by atoms with Crippen LogP contribution >= 0.6 is 11.6 Å². The van der Waals surface area contributed by atoms with E-state index >= 15 is 0 Å². The molecule has 0 amide bonds. The first-order chi connectivity index (χ1) is 9.93. The maximum absolute atomic E-state index is 6.19. The van der Waals surface area contributed by atoms with Gasteiger partial charge in [-0.3, -0.25) is 0 Å². The largest absolute Gasteiger partial charge is 0.440 e. The minimum Gasteiger partial charge on any atom is -0.440 e. The zero-order valence-electron chi connectivity index (χ0n) is 12.5. The normalized spacial score (nSPS) is 12.0. The molecule has 0 fully saturated rings. The summed E-state index contributed by atoms with van der Waals surface area (Å²) in [5, 5.41) is 0.745. The Balaban J connectivity index is 1.96. The molecule has 0 aliphatic carbocycles. The second-order valence-corrected chi connectivity index (χ2v) is 6.72. The molecule has 21 heavy (non-hydrogen) atoms. The van der Waals surface area contributed by atoms with E-state index in [9.17, 15) is 0 Å². The van der Waals surface area contributed by atoms with Crippen LogP contribution in [0.3, 0.4) is 0 Å². The van der Waals surface area contributed by atoms with Crippen LogP contribution < -0.4 is 0 Å². The second-order valence-electron chi connectivity index (χ2n) is 6.31. The molecule has 0 bridgehead atoms. The fourth-order valence-corrected chi connectivity index (χ4v) is 2.52. The van der Waals surface area contributed by atoms with Crippen molar-refractivity contribution in [2.45, 2.75) is 32.6 Å². The first-order valence-corrected chi connectivity index (χ1v) is 7.44. The Hall–Kier alpha value is -1.80. The van der Waals surface area contributed by atoms with Crippen molar-refractivity contribution in [1.29, 1.82) is 0 Å². The van der Waals surface area contributed by atoms with E-state index in [1.807, 2.05) is 30.3 Å². The van der Waals surface area contributed by atoms with E-state index < -0.39 is 0 Å². The van der Waals surface area contributed by atoms with Gasteiger partial charge in [0.2, 0.25) is 0 Å². The van der Waals surface area contributed by atoms with Crippen LogP contribution in [-0.4, -0.2) is 4.98 Å². The lowest BCUT2D eigenvalue weighted by Gasteiger charge is -2.18. The lowest BCUT2D eigenvalue weighted by atomic mass is 9.87. The predicted octanol–water partition coefficient (Wildman–Crippen LogP) is 5.37. The molecule has 0 atom stereocenters. The number of aromatic nitrogens is 1. The van der Waals surface area contributed by atoms with Gasteiger partial charge in [-0.15, -0.1) is 0 Å². The highest BCUT2D eigenvalue weighted by molar-refractivity contribution is 6.31. The van der Waals surface area contributed by atoms with E-state index in [-0.39, 0.29) is 5.41 Å². The van der Waals surface area contributed by atoms with Gasteiger partial charge >= 0.3 is 0 Å². The molecule has 3 heteroatoms. The van der Waals surface area contributed by atoms with Gasteiger partial charge in [0.05, 0.1) is 6.42 Å². The number of hydrogen-bond acceptors (Lipinski definition) is 2. The van der Waals surface area contributed by atoms with E-state index in [0.717, 1.165) is 21.7 Å². The molecule has 0 saturated carbocycles. The molecule has 1 aromatic heterocycles. The van der Waals surface area contributed by atoms with Gasteiger partial charge < -0.3 is 4.42 Å². The number of hydrogen-bond donors (Lipinski definition) is 0. The summed E-state index contributed by atoms with van der Waals surface area (Å²) in [5.74, 6) is 0.698. The zero-order chi connectivity index (χ0) is 15.0. The SMILES string of the molecule is CC(C)(C)c1ccc2oc(Cc3ccccc3Cl)nc2c1. The first-order valence-electron chi connectivity index (χ1n) is 7.07. The van der Waals surface area contributed by atoms with Crippen LogP contribution in [0.25, 0.3) is 11.1 Å². The summed E-state index contributed by atoms with van der Waals surface area (Å²) < 4.78 is 5.82. The number of fused-ring (bicyclic) bond motifs is 1. The smallest absolute Gasteiger partial charge is 0.199 e. The van der Waals surface area contributed by atoms with Crippen molar-refractivity contribution in [3.63, 3.8) is 0 Å². The van der Waals surface area contributed by atoms with E-state index in [4.69, 9.17) is 16.0 Å². The molecule has 0 N–H and O–H groups in total. The Labute approximate surface area is 129 Å². The molecule has 2 aromatic carbocycles. The summed E-state index contributed by atoms with van der Waals surface area (Å²) in [6.45, 7) is 6.58. The third kappa shape index (κ3) is 2.96. The molecular weight excluding hydrogens is 282 g/mol. The highest BCUT2D eigenvalue weighted by Gasteiger charge is 2.16. The molecule has 2 nitrogen and oxygen atoms in total. The van der Waals surface area contributed by atoms with Crippen molar-refractivity contribution < 1.29 is 4.42 Å². The van der Waals surface area contributed by atoms with Crippen molar-refractivity contribution in [1.82, 2.24) is 4.98 Å². The van der Waals surface area contributed by atoms with E-state index in [1.54, 1.807) is 0 Å². The number of oxazole rings is 1. The third-order valence-corrected chi connectivity index (χ3v) is 3.97. The van der Waals surface area contributed by atoms with Gasteiger partial charge in [-0.2, -0.15) is 0 Å². The van der Waals surface area contributed by atoms with Crippen LogP contribution in [0.4, 0.5) is 0 Å². The van der Waals surface area contributed by atoms with Gasteiger partial charge in [0, 0.05) is 5.02 Å². The lowest BCUT2D eigenvalue weighted by Crippen LogP contribution is -2.10. The molecule has 108 valence electrons. The van der Waals surface area contributed by atoms with Crippen LogP contribution in [0.1, 0.15) is 37.8 Å². The maximum atomic E-state index is 6.19. The van der Waals surface area contributed by atoms with Crippen molar-refractivity contribution in [3.8, 4) is 0 Å². The van der Waals surface area contributed by atoms with Crippen LogP contribution in [-0.2, 0) is 11.8 Å². The molecule has 0 aliphatic heterocycles. The van der Waals surface area contributed by atoms with Gasteiger partial charge in [0.15, 0.2) is 11.5 Å². The fraction of sp³-hybridized carbons (Fsp3) is 0.278. The third-order valence-electron chi connectivity index (χ3n) is 3.60. The first kappa shape index (κ1) is 14.2. The highest BCUT2D eigenvalue weighted by atomic mass is 35.5.